The van der Waals surface area contributed by atoms with E-state index in [9.17, 15) is 9.59 Å². The summed E-state index contributed by atoms with van der Waals surface area (Å²) in [6.45, 7) is 7.22. The van der Waals surface area contributed by atoms with E-state index in [1.54, 1.807) is 27.0 Å². The lowest BCUT2D eigenvalue weighted by atomic mass is 9.99. The molecule has 8 heteroatoms. The topological polar surface area (TPSA) is 70.5 Å². The van der Waals surface area contributed by atoms with Gasteiger partial charge in [0.25, 0.3) is 11.5 Å². The number of aryl methyl sites for hydroxylation is 1. The fourth-order valence-electron chi connectivity index (χ4n) is 4.06. The quantitative estimate of drug-likeness (QED) is 0.842. The largest absolute Gasteiger partial charge is 0.345 e. The Balaban J connectivity index is 1.48. The zero-order valence-electron chi connectivity index (χ0n) is 16.3. The van der Waals surface area contributed by atoms with Crippen molar-refractivity contribution in [2.45, 2.75) is 26.3 Å². The highest BCUT2D eigenvalue weighted by Crippen LogP contribution is 2.20. The molecule has 0 radical (unpaired) electrons. The first-order chi connectivity index (χ1) is 13.6. The number of nitrogens with zero attached hydrogens (tertiary/aromatic N) is 4. The number of carbonyl (C=O) groups is 1. The second-order valence-corrected chi connectivity index (χ2v) is 8.51. The number of aromatic nitrogens is 2. The average molecular weight is 402 g/mol. The number of thiazole rings is 1. The van der Waals surface area contributed by atoms with Crippen LogP contribution >= 0.6 is 11.3 Å². The molecule has 2 aromatic rings. The van der Waals surface area contributed by atoms with Crippen molar-refractivity contribution < 1.29 is 4.79 Å². The molecule has 0 bridgehead atoms. The number of anilines is 1. The number of hydrogen-bond donors (Lipinski definition) is 1. The molecule has 2 aromatic heterocycles. The Morgan fingerprint density at radius 2 is 2.14 bits per heavy atom. The molecule has 28 heavy (non-hydrogen) atoms. The van der Waals surface area contributed by atoms with E-state index >= 15 is 0 Å². The third kappa shape index (κ3) is 3.98. The Hall–Kier alpha value is -2.19. The molecular formula is C20H27N5O2S. The Bertz CT molecular complexity index is 865. The number of carbonyl (C=O) groups excluding carboxylic acids is 1. The minimum absolute atomic E-state index is 0.141. The third-order valence-electron chi connectivity index (χ3n) is 5.70. The van der Waals surface area contributed by atoms with Gasteiger partial charge in [-0.05, 0) is 50.4 Å². The molecule has 2 aliphatic heterocycles. The molecule has 0 spiro atoms. The summed E-state index contributed by atoms with van der Waals surface area (Å²) in [5, 5.41) is 6.35. The molecule has 2 fully saturated rings. The van der Waals surface area contributed by atoms with Crippen LogP contribution in [0.2, 0.25) is 0 Å². The first kappa shape index (κ1) is 19.1. The summed E-state index contributed by atoms with van der Waals surface area (Å²) in [6, 6.07) is 1.90. The monoisotopic (exact) mass is 401 g/mol. The van der Waals surface area contributed by atoms with Crippen molar-refractivity contribution in [3.63, 3.8) is 0 Å². The van der Waals surface area contributed by atoms with Gasteiger partial charge >= 0.3 is 0 Å². The highest BCUT2D eigenvalue weighted by atomic mass is 32.1. The number of nitrogens with one attached hydrogen (secondary N) is 1. The Kier molecular flexibility index (Phi) is 5.77. The number of pyridine rings is 1. The number of rotatable bonds is 4. The van der Waals surface area contributed by atoms with Crippen molar-refractivity contribution >= 4 is 22.4 Å². The zero-order chi connectivity index (χ0) is 19.5. The summed E-state index contributed by atoms with van der Waals surface area (Å²) in [4.78, 5) is 34.6. The van der Waals surface area contributed by atoms with E-state index in [0.29, 0.717) is 31.1 Å². The minimum atomic E-state index is -0.155. The van der Waals surface area contributed by atoms with Gasteiger partial charge in [-0.3, -0.25) is 9.59 Å². The molecule has 7 nitrogen and oxygen atoms in total. The predicted octanol–water partition coefficient (Wildman–Crippen LogP) is 1.58. The van der Waals surface area contributed by atoms with Crippen LogP contribution in [0.3, 0.4) is 0 Å². The second-order valence-electron chi connectivity index (χ2n) is 7.64. The average Bonchev–Trinajstić information content (AvgIpc) is 3.26. The van der Waals surface area contributed by atoms with Crippen LogP contribution in [0.4, 0.5) is 5.13 Å². The van der Waals surface area contributed by atoms with Gasteiger partial charge in [-0.2, -0.15) is 0 Å². The molecule has 4 rings (SSSR count). The lowest BCUT2D eigenvalue weighted by Gasteiger charge is -2.34. The second kappa shape index (κ2) is 8.45. The Labute approximate surface area is 169 Å². The van der Waals surface area contributed by atoms with E-state index in [4.69, 9.17) is 0 Å². The van der Waals surface area contributed by atoms with E-state index in [-0.39, 0.29) is 11.5 Å². The van der Waals surface area contributed by atoms with Gasteiger partial charge in [-0.15, -0.1) is 11.3 Å². The van der Waals surface area contributed by atoms with Crippen molar-refractivity contribution in [2.75, 3.05) is 44.2 Å². The van der Waals surface area contributed by atoms with Gasteiger partial charge in [0.15, 0.2) is 5.13 Å². The van der Waals surface area contributed by atoms with Crippen LogP contribution in [0.25, 0.3) is 0 Å². The van der Waals surface area contributed by atoms with E-state index in [1.807, 2.05) is 24.6 Å². The van der Waals surface area contributed by atoms with Gasteiger partial charge in [-0.1, -0.05) is 0 Å². The molecule has 4 heterocycles. The minimum Gasteiger partial charge on any atom is -0.345 e. The summed E-state index contributed by atoms with van der Waals surface area (Å²) in [5.74, 6) is 0.302. The maximum Gasteiger partial charge on any atom is 0.263 e. The lowest BCUT2D eigenvalue weighted by Crippen LogP contribution is -2.50. The molecule has 0 aliphatic carbocycles. The van der Waals surface area contributed by atoms with Crippen LogP contribution < -0.4 is 15.8 Å². The Morgan fingerprint density at radius 1 is 1.32 bits per heavy atom. The summed E-state index contributed by atoms with van der Waals surface area (Å²) >= 11 is 1.61. The molecule has 1 N–H and O–H groups in total. The number of piperidine rings is 1. The molecule has 2 saturated heterocycles. The molecule has 0 aromatic carbocycles. The van der Waals surface area contributed by atoms with Crippen LogP contribution in [0.1, 0.15) is 28.8 Å². The summed E-state index contributed by atoms with van der Waals surface area (Å²) in [6.07, 6.45) is 5.90. The number of amides is 1. The summed E-state index contributed by atoms with van der Waals surface area (Å²) < 4.78 is 1.73. The molecule has 1 amide bonds. The van der Waals surface area contributed by atoms with Crippen LogP contribution in [-0.4, -0.2) is 59.6 Å². The van der Waals surface area contributed by atoms with Crippen molar-refractivity contribution in [3.8, 4) is 0 Å². The van der Waals surface area contributed by atoms with Gasteiger partial charge in [0.1, 0.15) is 5.56 Å². The van der Waals surface area contributed by atoms with Gasteiger partial charge in [-0.25, -0.2) is 4.98 Å². The molecule has 2 aliphatic rings. The third-order valence-corrected chi connectivity index (χ3v) is 6.53. The maximum atomic E-state index is 13.1. The van der Waals surface area contributed by atoms with Crippen molar-refractivity contribution in [1.29, 1.82) is 0 Å². The Morgan fingerprint density at radius 3 is 2.82 bits per heavy atom. The first-order valence-corrected chi connectivity index (χ1v) is 10.9. The SMILES string of the molecule is Cc1ccn(CC2CCCNC2)c(=O)c1C(=O)N1CCN(c2nccs2)CC1. The summed E-state index contributed by atoms with van der Waals surface area (Å²) in [5.41, 5.74) is 0.933. The fourth-order valence-corrected chi connectivity index (χ4v) is 4.75. The van der Waals surface area contributed by atoms with E-state index < -0.39 is 0 Å². The predicted molar refractivity (Wildman–Crippen MR) is 111 cm³/mol. The van der Waals surface area contributed by atoms with Gasteiger partial charge in [0.05, 0.1) is 0 Å². The molecular weight excluding hydrogens is 374 g/mol. The normalized spacial score (nSPS) is 20.4. The van der Waals surface area contributed by atoms with E-state index in [0.717, 1.165) is 49.7 Å². The van der Waals surface area contributed by atoms with Gasteiger partial charge in [0.2, 0.25) is 0 Å². The van der Waals surface area contributed by atoms with E-state index in [2.05, 4.69) is 15.2 Å². The van der Waals surface area contributed by atoms with Crippen molar-refractivity contribution in [2.24, 2.45) is 5.92 Å². The van der Waals surface area contributed by atoms with Crippen molar-refractivity contribution in [3.05, 3.63) is 45.3 Å². The highest BCUT2D eigenvalue weighted by Gasteiger charge is 2.27. The maximum absolute atomic E-state index is 13.1. The smallest absolute Gasteiger partial charge is 0.263 e. The zero-order valence-corrected chi connectivity index (χ0v) is 17.1. The van der Waals surface area contributed by atoms with Crippen LogP contribution in [-0.2, 0) is 6.54 Å². The molecule has 1 unspecified atom stereocenters. The molecule has 0 saturated carbocycles. The number of hydrogen-bond acceptors (Lipinski definition) is 6. The van der Waals surface area contributed by atoms with E-state index in [1.165, 1.54) is 0 Å². The van der Waals surface area contributed by atoms with Crippen LogP contribution in [0.5, 0.6) is 0 Å². The summed E-state index contributed by atoms with van der Waals surface area (Å²) in [7, 11) is 0. The molecule has 1 atom stereocenters. The van der Waals surface area contributed by atoms with Gasteiger partial charge in [0, 0.05) is 50.5 Å². The lowest BCUT2D eigenvalue weighted by molar-refractivity contribution is 0.0743. The fraction of sp³-hybridized carbons (Fsp3) is 0.550. The van der Waals surface area contributed by atoms with Crippen LogP contribution in [0.15, 0.2) is 28.6 Å². The first-order valence-electron chi connectivity index (χ1n) is 9.98. The van der Waals surface area contributed by atoms with Crippen molar-refractivity contribution in [1.82, 2.24) is 19.8 Å². The van der Waals surface area contributed by atoms with Gasteiger partial charge < -0.3 is 19.7 Å². The standard InChI is InChI=1S/C20H27N5O2S/c1-15-4-7-25(14-16-3-2-5-21-13-16)19(27)17(15)18(26)23-8-10-24(11-9-23)20-22-6-12-28-20/h4,6-7,12,16,21H,2-3,5,8-11,13-14H2,1H3. The molecule has 150 valence electrons. The highest BCUT2D eigenvalue weighted by molar-refractivity contribution is 7.13. The van der Waals surface area contributed by atoms with Crippen LogP contribution in [0, 0.1) is 12.8 Å². The number of piperazine rings is 1.